The highest BCUT2D eigenvalue weighted by Crippen LogP contribution is 2.31. The molecule has 0 aliphatic carbocycles. The molecule has 2 aromatic rings. The monoisotopic (exact) mass is 307 g/mol. The van der Waals surface area contributed by atoms with Crippen LogP contribution in [0.15, 0.2) is 60.7 Å². The van der Waals surface area contributed by atoms with Crippen molar-refractivity contribution in [3.05, 3.63) is 66.2 Å². The fraction of sp³-hybridized carbons (Fsp3) is 0.300. The summed E-state index contributed by atoms with van der Waals surface area (Å²) in [6.45, 7) is 3.58. The van der Waals surface area contributed by atoms with Crippen LogP contribution in [0.4, 0.5) is 0 Å². The second-order valence-corrected chi connectivity index (χ2v) is 6.12. The van der Waals surface area contributed by atoms with Gasteiger partial charge in [-0.05, 0) is 29.7 Å². The van der Waals surface area contributed by atoms with Crippen molar-refractivity contribution in [3.8, 4) is 11.5 Å². The summed E-state index contributed by atoms with van der Waals surface area (Å²) in [5.74, 6) is 1.71. The zero-order valence-corrected chi connectivity index (χ0v) is 13.2. The Hall–Kier alpha value is -2.26. The summed E-state index contributed by atoms with van der Waals surface area (Å²) in [6, 6.07) is 18.5. The molecule has 0 amide bonds. The Morgan fingerprint density at radius 3 is 2.61 bits per heavy atom. The van der Waals surface area contributed by atoms with Crippen LogP contribution in [-0.4, -0.2) is 37.2 Å². The molecule has 1 unspecified atom stereocenters. The maximum absolute atomic E-state index is 6.09. The number of hydrogen-bond donors (Lipinski definition) is 0. The molecule has 2 heterocycles. The van der Waals surface area contributed by atoms with Crippen LogP contribution in [0, 0.1) is 0 Å². The van der Waals surface area contributed by atoms with Gasteiger partial charge in [-0.1, -0.05) is 48.5 Å². The van der Waals surface area contributed by atoms with Gasteiger partial charge in [-0.25, -0.2) is 0 Å². The first-order valence-electron chi connectivity index (χ1n) is 8.24. The van der Waals surface area contributed by atoms with Crippen LogP contribution >= 0.6 is 0 Å². The minimum Gasteiger partial charge on any atom is -0.486 e. The highest BCUT2D eigenvalue weighted by molar-refractivity contribution is 5.67. The van der Waals surface area contributed by atoms with Crippen LogP contribution in [0.1, 0.15) is 12.0 Å². The average Bonchev–Trinajstić information content (AvgIpc) is 2.63. The molecule has 4 rings (SSSR count). The standard InChI is InChI=1S/C20H21NO2/c1-2-7-16(8-3-1)17-9-6-12-21(13-17)14-18-15-22-19-10-4-5-11-20(19)23-18/h1-5,7-11,18H,6,12-15H2. The first-order valence-corrected chi connectivity index (χ1v) is 8.24. The number of hydrogen-bond acceptors (Lipinski definition) is 3. The second-order valence-electron chi connectivity index (χ2n) is 6.12. The van der Waals surface area contributed by atoms with E-state index in [-0.39, 0.29) is 6.10 Å². The Morgan fingerprint density at radius 2 is 1.74 bits per heavy atom. The molecule has 23 heavy (non-hydrogen) atoms. The van der Waals surface area contributed by atoms with Crippen LogP contribution < -0.4 is 9.47 Å². The predicted octanol–water partition coefficient (Wildman–Crippen LogP) is 3.62. The maximum atomic E-state index is 6.09. The number of ether oxygens (including phenoxy) is 2. The lowest BCUT2D eigenvalue weighted by Gasteiger charge is -2.33. The highest BCUT2D eigenvalue weighted by Gasteiger charge is 2.24. The van der Waals surface area contributed by atoms with E-state index >= 15 is 0 Å². The molecule has 3 heteroatoms. The third-order valence-corrected chi connectivity index (χ3v) is 4.40. The Morgan fingerprint density at radius 1 is 0.957 bits per heavy atom. The van der Waals surface area contributed by atoms with Gasteiger partial charge in [0, 0.05) is 19.6 Å². The van der Waals surface area contributed by atoms with Crippen LogP contribution in [0.2, 0.25) is 0 Å². The molecule has 1 atom stereocenters. The van der Waals surface area contributed by atoms with E-state index in [1.54, 1.807) is 0 Å². The van der Waals surface area contributed by atoms with Gasteiger partial charge in [0.15, 0.2) is 11.5 Å². The summed E-state index contributed by atoms with van der Waals surface area (Å²) in [5, 5.41) is 0. The van der Waals surface area contributed by atoms with Gasteiger partial charge in [0.25, 0.3) is 0 Å². The van der Waals surface area contributed by atoms with E-state index in [1.807, 2.05) is 24.3 Å². The van der Waals surface area contributed by atoms with Crippen molar-refractivity contribution in [2.75, 3.05) is 26.2 Å². The molecule has 0 radical (unpaired) electrons. The van der Waals surface area contributed by atoms with Crippen molar-refractivity contribution in [1.82, 2.24) is 4.90 Å². The molecule has 0 saturated heterocycles. The summed E-state index contributed by atoms with van der Waals surface area (Å²) in [5.41, 5.74) is 2.73. The summed E-state index contributed by atoms with van der Waals surface area (Å²) in [4.78, 5) is 2.46. The van der Waals surface area contributed by atoms with Gasteiger partial charge >= 0.3 is 0 Å². The Bertz CT molecular complexity index is 696. The van der Waals surface area contributed by atoms with Gasteiger partial charge in [-0.2, -0.15) is 0 Å². The minimum absolute atomic E-state index is 0.0972. The Labute approximate surface area is 137 Å². The fourth-order valence-corrected chi connectivity index (χ4v) is 3.26. The van der Waals surface area contributed by atoms with Crippen LogP contribution in [0.3, 0.4) is 0 Å². The molecule has 0 bridgehead atoms. The molecular weight excluding hydrogens is 286 g/mol. The first-order chi connectivity index (χ1) is 11.4. The van der Waals surface area contributed by atoms with Gasteiger partial charge in [0.2, 0.25) is 0 Å². The molecule has 0 saturated carbocycles. The highest BCUT2D eigenvalue weighted by atomic mass is 16.6. The van der Waals surface area contributed by atoms with Crippen molar-refractivity contribution in [2.24, 2.45) is 0 Å². The van der Waals surface area contributed by atoms with E-state index in [4.69, 9.17) is 9.47 Å². The summed E-state index contributed by atoms with van der Waals surface area (Å²) >= 11 is 0. The van der Waals surface area contributed by atoms with E-state index in [0.717, 1.165) is 37.6 Å². The first kappa shape index (κ1) is 14.3. The van der Waals surface area contributed by atoms with Gasteiger partial charge in [-0.3, -0.25) is 4.90 Å². The molecular formula is C20H21NO2. The summed E-state index contributed by atoms with van der Waals surface area (Å²) in [6.07, 6.45) is 3.55. The zero-order chi connectivity index (χ0) is 15.5. The minimum atomic E-state index is 0.0972. The van der Waals surface area contributed by atoms with Gasteiger partial charge < -0.3 is 9.47 Å². The van der Waals surface area contributed by atoms with Crippen molar-refractivity contribution in [3.63, 3.8) is 0 Å². The van der Waals surface area contributed by atoms with Crippen molar-refractivity contribution >= 4 is 5.57 Å². The zero-order valence-electron chi connectivity index (χ0n) is 13.2. The Kier molecular flexibility index (Phi) is 4.03. The van der Waals surface area contributed by atoms with Gasteiger partial charge in [0.1, 0.15) is 12.7 Å². The topological polar surface area (TPSA) is 21.7 Å². The number of fused-ring (bicyclic) bond motifs is 1. The molecule has 3 nitrogen and oxygen atoms in total. The summed E-state index contributed by atoms with van der Waals surface area (Å²) < 4.78 is 11.9. The second kappa shape index (κ2) is 6.47. The SMILES string of the molecule is C1=C(c2ccccc2)CN(CC2COc3ccccc3O2)CC1. The lowest BCUT2D eigenvalue weighted by Crippen LogP contribution is -2.42. The molecule has 2 aliphatic rings. The smallest absolute Gasteiger partial charge is 0.161 e. The van der Waals surface area contributed by atoms with Gasteiger partial charge in [0.05, 0.1) is 0 Å². The molecule has 2 aliphatic heterocycles. The number of nitrogens with zero attached hydrogens (tertiary/aromatic N) is 1. The summed E-state index contributed by atoms with van der Waals surface area (Å²) in [7, 11) is 0. The van der Waals surface area contributed by atoms with E-state index < -0.39 is 0 Å². The van der Waals surface area contributed by atoms with E-state index in [2.05, 4.69) is 41.3 Å². The van der Waals surface area contributed by atoms with Crippen LogP contribution in [0.25, 0.3) is 5.57 Å². The van der Waals surface area contributed by atoms with E-state index in [9.17, 15) is 0 Å². The lowest BCUT2D eigenvalue weighted by molar-refractivity contribution is 0.0620. The normalized spacial score (nSPS) is 20.9. The molecule has 0 aromatic heterocycles. The third kappa shape index (κ3) is 3.25. The fourth-order valence-electron chi connectivity index (χ4n) is 3.26. The largest absolute Gasteiger partial charge is 0.486 e. The molecule has 0 fully saturated rings. The maximum Gasteiger partial charge on any atom is 0.161 e. The lowest BCUT2D eigenvalue weighted by atomic mass is 10.0. The van der Waals surface area contributed by atoms with Crippen LogP contribution in [0.5, 0.6) is 11.5 Å². The van der Waals surface area contributed by atoms with Crippen LogP contribution in [-0.2, 0) is 0 Å². The Balaban J connectivity index is 1.40. The van der Waals surface area contributed by atoms with Crippen molar-refractivity contribution in [2.45, 2.75) is 12.5 Å². The van der Waals surface area contributed by atoms with E-state index in [1.165, 1.54) is 11.1 Å². The molecule has 0 N–H and O–H groups in total. The number of rotatable bonds is 3. The van der Waals surface area contributed by atoms with Crippen molar-refractivity contribution < 1.29 is 9.47 Å². The molecule has 0 spiro atoms. The average molecular weight is 307 g/mol. The predicted molar refractivity (Wildman–Crippen MR) is 91.8 cm³/mol. The number of benzene rings is 2. The quantitative estimate of drug-likeness (QED) is 0.864. The van der Waals surface area contributed by atoms with Crippen molar-refractivity contribution in [1.29, 1.82) is 0 Å². The molecule has 2 aromatic carbocycles. The molecule has 118 valence electrons. The third-order valence-electron chi connectivity index (χ3n) is 4.40. The number of para-hydroxylation sites is 2. The van der Waals surface area contributed by atoms with Gasteiger partial charge in [-0.15, -0.1) is 0 Å². The van der Waals surface area contributed by atoms with E-state index in [0.29, 0.717) is 6.61 Å².